The Labute approximate surface area is 238 Å². The van der Waals surface area contributed by atoms with Crippen LogP contribution in [0.2, 0.25) is 18.6 Å². The van der Waals surface area contributed by atoms with E-state index in [0.717, 1.165) is 30.5 Å². The van der Waals surface area contributed by atoms with Gasteiger partial charge in [0, 0.05) is 49.3 Å². The SMILES string of the molecule is CO[C@H]1c2cc(NC(=O)[C@H]3CCCN3)ccc2O[C@@H](C(CC(=O)N(CCO)Cc2ccccc2)[Si](C)(C)O)[C@@H]1C. The van der Waals surface area contributed by atoms with E-state index in [1.165, 1.54) is 0 Å². The molecule has 2 aromatic carbocycles. The van der Waals surface area contributed by atoms with Crippen LogP contribution >= 0.6 is 0 Å². The quantitative estimate of drug-likeness (QED) is 0.306. The molecule has 2 amide bonds. The number of carbonyl (C=O) groups excluding carboxylic acids is 2. The lowest BCUT2D eigenvalue weighted by molar-refractivity contribution is -0.133. The summed E-state index contributed by atoms with van der Waals surface area (Å²) in [6.07, 6.45) is 1.11. The van der Waals surface area contributed by atoms with Gasteiger partial charge < -0.3 is 34.9 Å². The zero-order chi connectivity index (χ0) is 28.9. The number of hydrogen-bond acceptors (Lipinski definition) is 7. The summed E-state index contributed by atoms with van der Waals surface area (Å²) in [4.78, 5) is 39.3. The number of ether oxygens (including phenoxy) is 2. The average molecular weight is 570 g/mol. The number of aliphatic hydroxyl groups excluding tert-OH is 1. The standard InChI is InChI=1S/C30H43N3O6Si/c1-20-28(38-2)23-17-22(32-30(36)24-11-8-14-31-24)12-13-25(23)39-29(20)26(40(3,4)37)18-27(35)33(15-16-34)19-21-9-6-5-7-10-21/h5-7,9-10,12-13,17,20,24,26,28-29,31,34,37H,8,11,14-16,18-19H2,1-4H3,(H,32,36)/t20-,24-,26?,28-,29-/m1/s1. The van der Waals surface area contributed by atoms with Crippen LogP contribution in [-0.4, -0.2) is 73.9 Å². The summed E-state index contributed by atoms with van der Waals surface area (Å²) in [5.74, 6) is 0.270. The number of fused-ring (bicyclic) bond motifs is 1. The average Bonchev–Trinajstić information content (AvgIpc) is 3.47. The minimum absolute atomic E-state index is 0.0522. The van der Waals surface area contributed by atoms with Crippen LogP contribution in [0, 0.1) is 5.92 Å². The van der Waals surface area contributed by atoms with E-state index in [1.54, 1.807) is 12.0 Å². The highest BCUT2D eigenvalue weighted by atomic mass is 28.4. The maximum Gasteiger partial charge on any atom is 0.241 e. The number of carbonyl (C=O) groups is 2. The Morgan fingerprint density at radius 1 is 1.23 bits per heavy atom. The zero-order valence-corrected chi connectivity index (χ0v) is 24.9. The second kappa shape index (κ2) is 13.3. The molecule has 10 heteroatoms. The first-order valence-corrected chi connectivity index (χ1v) is 17.2. The molecule has 0 bridgehead atoms. The van der Waals surface area contributed by atoms with E-state index >= 15 is 0 Å². The van der Waals surface area contributed by atoms with Crippen molar-refractivity contribution in [3.63, 3.8) is 0 Å². The van der Waals surface area contributed by atoms with Crippen molar-refractivity contribution in [2.75, 3.05) is 32.1 Å². The van der Waals surface area contributed by atoms with Gasteiger partial charge in [0.1, 0.15) is 11.9 Å². The van der Waals surface area contributed by atoms with E-state index in [-0.39, 0.29) is 49.5 Å². The molecule has 2 aliphatic heterocycles. The van der Waals surface area contributed by atoms with Gasteiger partial charge in [0.25, 0.3) is 0 Å². The van der Waals surface area contributed by atoms with Crippen LogP contribution in [0.3, 0.4) is 0 Å². The van der Waals surface area contributed by atoms with E-state index in [4.69, 9.17) is 9.47 Å². The molecule has 0 saturated carbocycles. The van der Waals surface area contributed by atoms with Gasteiger partial charge in [-0.05, 0) is 56.2 Å². The molecule has 9 nitrogen and oxygen atoms in total. The van der Waals surface area contributed by atoms with Crippen LogP contribution in [0.1, 0.15) is 43.4 Å². The topological polar surface area (TPSA) is 120 Å². The lowest BCUT2D eigenvalue weighted by Crippen LogP contribution is -2.50. The minimum atomic E-state index is -2.91. The van der Waals surface area contributed by atoms with Gasteiger partial charge in [-0.15, -0.1) is 0 Å². The molecule has 4 rings (SSSR count). The molecule has 2 heterocycles. The Morgan fingerprint density at radius 3 is 2.60 bits per heavy atom. The third kappa shape index (κ3) is 7.11. The van der Waals surface area contributed by atoms with E-state index < -0.39 is 20.0 Å². The largest absolute Gasteiger partial charge is 0.490 e. The number of nitrogens with one attached hydrogen (secondary N) is 2. The summed E-state index contributed by atoms with van der Waals surface area (Å²) in [5.41, 5.74) is 2.07. The van der Waals surface area contributed by atoms with Gasteiger partial charge in [-0.3, -0.25) is 9.59 Å². The third-order valence-electron chi connectivity index (χ3n) is 8.11. The van der Waals surface area contributed by atoms with E-state index in [0.29, 0.717) is 18.0 Å². The molecule has 5 atom stereocenters. The third-order valence-corrected chi connectivity index (χ3v) is 10.5. The van der Waals surface area contributed by atoms with E-state index in [9.17, 15) is 19.5 Å². The first kappa shape index (κ1) is 30.2. The molecule has 1 saturated heterocycles. The van der Waals surface area contributed by atoms with Crippen LogP contribution in [0.4, 0.5) is 5.69 Å². The van der Waals surface area contributed by atoms with Crippen molar-refractivity contribution < 1.29 is 29.0 Å². The van der Waals surface area contributed by atoms with Gasteiger partial charge in [-0.1, -0.05) is 37.3 Å². The molecule has 40 heavy (non-hydrogen) atoms. The number of anilines is 1. The Hall–Kier alpha value is -2.76. The number of hydrogen-bond donors (Lipinski definition) is 4. The molecule has 0 spiro atoms. The number of benzene rings is 2. The number of amides is 2. The monoisotopic (exact) mass is 569 g/mol. The predicted molar refractivity (Wildman–Crippen MR) is 156 cm³/mol. The van der Waals surface area contributed by atoms with Crippen molar-refractivity contribution in [1.29, 1.82) is 0 Å². The Balaban J connectivity index is 1.55. The molecule has 1 fully saturated rings. The maximum absolute atomic E-state index is 13.6. The summed E-state index contributed by atoms with van der Waals surface area (Å²) in [6, 6.07) is 15.0. The summed E-state index contributed by atoms with van der Waals surface area (Å²) in [7, 11) is -1.26. The highest BCUT2D eigenvalue weighted by Crippen LogP contribution is 2.47. The molecular formula is C30H43N3O6Si. The summed E-state index contributed by atoms with van der Waals surface area (Å²) in [5, 5.41) is 15.9. The second-order valence-electron chi connectivity index (χ2n) is 11.5. The lowest BCUT2D eigenvalue weighted by Gasteiger charge is -2.44. The van der Waals surface area contributed by atoms with Crippen molar-refractivity contribution in [1.82, 2.24) is 10.2 Å². The van der Waals surface area contributed by atoms with Crippen molar-refractivity contribution >= 4 is 25.8 Å². The minimum Gasteiger partial charge on any atom is -0.490 e. The highest BCUT2D eigenvalue weighted by Gasteiger charge is 2.47. The fourth-order valence-corrected chi connectivity index (χ4v) is 7.74. The van der Waals surface area contributed by atoms with Crippen molar-refractivity contribution in [3.8, 4) is 5.75 Å². The Morgan fingerprint density at radius 2 is 1.98 bits per heavy atom. The van der Waals surface area contributed by atoms with Crippen LogP contribution < -0.4 is 15.4 Å². The van der Waals surface area contributed by atoms with Gasteiger partial charge >= 0.3 is 0 Å². The molecule has 1 unspecified atom stereocenters. The van der Waals surface area contributed by atoms with E-state index in [2.05, 4.69) is 10.6 Å². The number of rotatable bonds is 11. The number of aliphatic hydroxyl groups is 1. The fraction of sp³-hybridized carbons (Fsp3) is 0.533. The number of methoxy groups -OCH3 is 1. The molecule has 0 radical (unpaired) electrons. The van der Waals surface area contributed by atoms with Gasteiger partial charge in [0.15, 0.2) is 8.32 Å². The first-order valence-electron chi connectivity index (χ1n) is 14.1. The first-order chi connectivity index (χ1) is 19.1. The lowest BCUT2D eigenvalue weighted by atomic mass is 9.86. The van der Waals surface area contributed by atoms with Gasteiger partial charge in [-0.25, -0.2) is 0 Å². The zero-order valence-electron chi connectivity index (χ0n) is 23.9. The summed E-state index contributed by atoms with van der Waals surface area (Å²) >= 11 is 0. The highest BCUT2D eigenvalue weighted by molar-refractivity contribution is 6.71. The molecule has 4 N–H and O–H groups in total. The normalized spacial score (nSPS) is 23.1. The van der Waals surface area contributed by atoms with E-state index in [1.807, 2.05) is 68.5 Å². The molecule has 0 aromatic heterocycles. The molecule has 0 aliphatic carbocycles. The molecule has 2 aliphatic rings. The summed E-state index contributed by atoms with van der Waals surface area (Å²) in [6.45, 7) is 6.98. The fourth-order valence-electron chi connectivity index (χ4n) is 5.89. The van der Waals surface area contributed by atoms with Crippen molar-refractivity contribution in [2.45, 2.75) is 69.6 Å². The molecule has 218 valence electrons. The van der Waals surface area contributed by atoms with Gasteiger partial charge in [0.2, 0.25) is 11.8 Å². The predicted octanol–water partition coefficient (Wildman–Crippen LogP) is 3.44. The van der Waals surface area contributed by atoms with Crippen LogP contribution in [-0.2, 0) is 20.9 Å². The Kier molecular flexibility index (Phi) is 10.0. The smallest absolute Gasteiger partial charge is 0.241 e. The second-order valence-corrected chi connectivity index (χ2v) is 15.5. The van der Waals surface area contributed by atoms with Gasteiger partial charge in [-0.2, -0.15) is 0 Å². The van der Waals surface area contributed by atoms with Crippen LogP contribution in [0.25, 0.3) is 0 Å². The Bertz CT molecular complexity index is 1150. The van der Waals surface area contributed by atoms with Crippen LogP contribution in [0.5, 0.6) is 5.75 Å². The molecule has 2 aromatic rings. The van der Waals surface area contributed by atoms with Crippen molar-refractivity contribution in [3.05, 3.63) is 59.7 Å². The maximum atomic E-state index is 13.6. The number of nitrogens with zero attached hydrogens (tertiary/aromatic N) is 1. The summed E-state index contributed by atoms with van der Waals surface area (Å²) < 4.78 is 12.5. The molecular weight excluding hydrogens is 526 g/mol. The van der Waals surface area contributed by atoms with Crippen molar-refractivity contribution in [2.24, 2.45) is 5.92 Å². The van der Waals surface area contributed by atoms with Gasteiger partial charge in [0.05, 0.1) is 18.8 Å². The van der Waals surface area contributed by atoms with Crippen LogP contribution in [0.15, 0.2) is 48.5 Å².